The highest BCUT2D eigenvalue weighted by Crippen LogP contribution is 2.24. The van der Waals surface area contributed by atoms with E-state index in [9.17, 15) is 9.18 Å². The van der Waals surface area contributed by atoms with E-state index in [4.69, 9.17) is 21.1 Å². The maximum atomic E-state index is 13.9. The molecule has 1 heterocycles. The molecule has 0 bridgehead atoms. The van der Waals surface area contributed by atoms with Crippen LogP contribution in [0.25, 0.3) is 0 Å². The summed E-state index contributed by atoms with van der Waals surface area (Å²) in [5.74, 6) is -0.310. The average molecular weight is 393 g/mol. The van der Waals surface area contributed by atoms with Gasteiger partial charge in [-0.3, -0.25) is 9.69 Å². The number of hydrogen-bond donors (Lipinski definition) is 1. The molecular formula is C20H22ClFN2O3. The molecule has 2 aromatic carbocycles. The number of hydrogen-bond acceptors (Lipinski definition) is 4. The fourth-order valence-electron chi connectivity index (χ4n) is 3.13. The van der Waals surface area contributed by atoms with Gasteiger partial charge in [-0.15, -0.1) is 0 Å². The standard InChI is InChI=1S/C20H22ClFN2O3/c1-26-16-5-2-14(3-6-16)19(24-8-10-27-11-9-24)13-23-20(25)17-12-15(21)4-7-18(17)22/h2-7,12,19H,8-11,13H2,1H3,(H,23,25). The molecule has 144 valence electrons. The Morgan fingerprint density at radius 2 is 1.96 bits per heavy atom. The first-order chi connectivity index (χ1) is 13.1. The molecule has 0 spiro atoms. The first-order valence-corrected chi connectivity index (χ1v) is 9.15. The first-order valence-electron chi connectivity index (χ1n) is 8.77. The van der Waals surface area contributed by atoms with Crippen LogP contribution in [0.2, 0.25) is 5.02 Å². The van der Waals surface area contributed by atoms with Crippen LogP contribution in [0.1, 0.15) is 22.0 Å². The topological polar surface area (TPSA) is 50.8 Å². The second kappa shape index (κ2) is 9.17. The molecule has 1 unspecified atom stereocenters. The van der Waals surface area contributed by atoms with Gasteiger partial charge in [-0.2, -0.15) is 0 Å². The van der Waals surface area contributed by atoms with Gasteiger partial charge >= 0.3 is 0 Å². The number of benzene rings is 2. The van der Waals surface area contributed by atoms with Crippen LogP contribution in [0, 0.1) is 5.82 Å². The minimum atomic E-state index is -0.593. The van der Waals surface area contributed by atoms with Crippen molar-refractivity contribution < 1.29 is 18.7 Å². The smallest absolute Gasteiger partial charge is 0.254 e. The Bertz CT molecular complexity index is 779. The van der Waals surface area contributed by atoms with E-state index in [0.29, 0.717) is 24.8 Å². The molecule has 7 heteroatoms. The van der Waals surface area contributed by atoms with E-state index >= 15 is 0 Å². The van der Waals surface area contributed by atoms with Gasteiger partial charge in [-0.05, 0) is 35.9 Å². The van der Waals surface area contributed by atoms with Crippen molar-refractivity contribution in [2.24, 2.45) is 0 Å². The molecule has 1 atom stereocenters. The molecule has 1 aliphatic heterocycles. The number of morpholine rings is 1. The third kappa shape index (κ3) is 4.97. The predicted octanol–water partition coefficient (Wildman–Crippen LogP) is 3.29. The van der Waals surface area contributed by atoms with Gasteiger partial charge in [-0.25, -0.2) is 4.39 Å². The highest BCUT2D eigenvalue weighted by atomic mass is 35.5. The summed E-state index contributed by atoms with van der Waals surface area (Å²) in [5, 5.41) is 3.16. The van der Waals surface area contributed by atoms with Crippen molar-refractivity contribution in [3.8, 4) is 5.75 Å². The van der Waals surface area contributed by atoms with E-state index < -0.39 is 11.7 Å². The van der Waals surface area contributed by atoms with Crippen molar-refractivity contribution in [3.63, 3.8) is 0 Å². The lowest BCUT2D eigenvalue weighted by Crippen LogP contribution is -2.43. The molecular weight excluding hydrogens is 371 g/mol. The van der Waals surface area contributed by atoms with Crippen LogP contribution in [0.4, 0.5) is 4.39 Å². The lowest BCUT2D eigenvalue weighted by atomic mass is 10.0. The SMILES string of the molecule is COc1ccc(C(CNC(=O)c2cc(Cl)ccc2F)N2CCOCC2)cc1. The van der Waals surface area contributed by atoms with Gasteiger partial charge in [0.2, 0.25) is 0 Å². The maximum absolute atomic E-state index is 13.9. The average Bonchev–Trinajstić information content (AvgIpc) is 2.71. The number of halogens is 2. The molecule has 2 aromatic rings. The van der Waals surface area contributed by atoms with Crippen LogP contribution in [-0.4, -0.2) is 50.8 Å². The molecule has 1 N–H and O–H groups in total. The summed E-state index contributed by atoms with van der Waals surface area (Å²) in [6.07, 6.45) is 0. The van der Waals surface area contributed by atoms with Crippen LogP contribution in [0.3, 0.4) is 0 Å². The number of nitrogens with zero attached hydrogens (tertiary/aromatic N) is 1. The van der Waals surface area contributed by atoms with Gasteiger partial charge in [0.05, 0.1) is 31.9 Å². The molecule has 0 aromatic heterocycles. The van der Waals surface area contributed by atoms with Crippen LogP contribution in [0.15, 0.2) is 42.5 Å². The third-order valence-electron chi connectivity index (χ3n) is 4.62. The molecule has 0 radical (unpaired) electrons. The van der Waals surface area contributed by atoms with Crippen molar-refractivity contribution in [3.05, 3.63) is 64.4 Å². The summed E-state index contributed by atoms with van der Waals surface area (Å²) < 4.78 is 24.6. The van der Waals surface area contributed by atoms with E-state index in [2.05, 4.69) is 10.2 Å². The van der Waals surface area contributed by atoms with Crippen LogP contribution < -0.4 is 10.1 Å². The Hall–Kier alpha value is -2.15. The quantitative estimate of drug-likeness (QED) is 0.819. The molecule has 27 heavy (non-hydrogen) atoms. The lowest BCUT2D eigenvalue weighted by molar-refractivity contribution is 0.0162. The summed E-state index contributed by atoms with van der Waals surface area (Å²) >= 11 is 5.89. The van der Waals surface area contributed by atoms with Gasteiger partial charge < -0.3 is 14.8 Å². The molecule has 1 saturated heterocycles. The molecule has 1 aliphatic rings. The van der Waals surface area contributed by atoms with E-state index in [1.807, 2.05) is 24.3 Å². The number of methoxy groups -OCH3 is 1. The lowest BCUT2D eigenvalue weighted by Gasteiger charge is -2.35. The maximum Gasteiger partial charge on any atom is 0.254 e. The number of nitrogens with one attached hydrogen (secondary N) is 1. The Kier molecular flexibility index (Phi) is 6.66. The van der Waals surface area contributed by atoms with E-state index in [0.717, 1.165) is 24.4 Å². The zero-order chi connectivity index (χ0) is 19.2. The molecule has 5 nitrogen and oxygen atoms in total. The van der Waals surface area contributed by atoms with Crippen LogP contribution in [-0.2, 0) is 4.74 Å². The van der Waals surface area contributed by atoms with Gasteiger partial charge in [0.1, 0.15) is 11.6 Å². The Labute approximate surface area is 163 Å². The number of rotatable bonds is 6. The Morgan fingerprint density at radius 3 is 2.63 bits per heavy atom. The van der Waals surface area contributed by atoms with Gasteiger partial charge in [0.15, 0.2) is 0 Å². The Morgan fingerprint density at radius 1 is 1.26 bits per heavy atom. The summed E-state index contributed by atoms with van der Waals surface area (Å²) in [6, 6.07) is 11.6. The van der Waals surface area contributed by atoms with Crippen LogP contribution >= 0.6 is 11.6 Å². The highest BCUT2D eigenvalue weighted by Gasteiger charge is 2.24. The van der Waals surface area contributed by atoms with Crippen molar-refractivity contribution >= 4 is 17.5 Å². The monoisotopic (exact) mass is 392 g/mol. The zero-order valence-electron chi connectivity index (χ0n) is 15.1. The summed E-state index contributed by atoms with van der Waals surface area (Å²) in [4.78, 5) is 14.7. The van der Waals surface area contributed by atoms with Gasteiger partial charge in [-0.1, -0.05) is 23.7 Å². The first kappa shape index (κ1) is 19.6. The second-order valence-electron chi connectivity index (χ2n) is 6.27. The molecule has 0 saturated carbocycles. The van der Waals surface area contributed by atoms with Crippen molar-refractivity contribution in [1.29, 1.82) is 0 Å². The fraction of sp³-hybridized carbons (Fsp3) is 0.350. The van der Waals surface area contributed by atoms with E-state index in [-0.39, 0.29) is 11.6 Å². The molecule has 1 amide bonds. The molecule has 3 rings (SSSR count). The summed E-state index contributed by atoms with van der Waals surface area (Å²) in [7, 11) is 1.62. The number of ether oxygens (including phenoxy) is 2. The number of carbonyl (C=O) groups is 1. The molecule has 1 fully saturated rings. The molecule has 0 aliphatic carbocycles. The predicted molar refractivity (Wildman–Crippen MR) is 102 cm³/mol. The summed E-state index contributed by atoms with van der Waals surface area (Å²) in [5.41, 5.74) is 0.988. The van der Waals surface area contributed by atoms with E-state index in [1.54, 1.807) is 7.11 Å². The minimum Gasteiger partial charge on any atom is -0.497 e. The van der Waals surface area contributed by atoms with Gasteiger partial charge in [0, 0.05) is 24.7 Å². The van der Waals surface area contributed by atoms with Crippen LogP contribution in [0.5, 0.6) is 5.75 Å². The van der Waals surface area contributed by atoms with Gasteiger partial charge in [0.25, 0.3) is 5.91 Å². The van der Waals surface area contributed by atoms with Crippen molar-refractivity contribution in [1.82, 2.24) is 10.2 Å². The minimum absolute atomic E-state index is 0.0500. The Balaban J connectivity index is 1.76. The van der Waals surface area contributed by atoms with Crippen molar-refractivity contribution in [2.45, 2.75) is 6.04 Å². The number of amides is 1. The van der Waals surface area contributed by atoms with Crippen molar-refractivity contribution in [2.75, 3.05) is 40.0 Å². The largest absolute Gasteiger partial charge is 0.497 e. The highest BCUT2D eigenvalue weighted by molar-refractivity contribution is 6.31. The zero-order valence-corrected chi connectivity index (χ0v) is 15.8. The summed E-state index contributed by atoms with van der Waals surface area (Å²) in [6.45, 7) is 3.15. The number of carbonyl (C=O) groups excluding carboxylic acids is 1. The third-order valence-corrected chi connectivity index (χ3v) is 4.85. The van der Waals surface area contributed by atoms with E-state index in [1.165, 1.54) is 18.2 Å². The normalized spacial score (nSPS) is 16.0. The second-order valence-corrected chi connectivity index (χ2v) is 6.71. The fourth-order valence-corrected chi connectivity index (χ4v) is 3.30.